The Morgan fingerprint density at radius 1 is 1.05 bits per heavy atom. The highest BCUT2D eigenvalue weighted by Gasteiger charge is 2.42. The van der Waals surface area contributed by atoms with Crippen LogP contribution in [-0.4, -0.2) is 22.1 Å². The van der Waals surface area contributed by atoms with Gasteiger partial charge in [-0.15, -0.1) is 0 Å². The number of rotatable bonds is 1. The monoisotopic (exact) mass is 295 g/mol. The summed E-state index contributed by atoms with van der Waals surface area (Å²) in [7, 11) is 0. The van der Waals surface area contributed by atoms with Gasteiger partial charge in [-0.1, -0.05) is 11.1 Å². The van der Waals surface area contributed by atoms with Crippen molar-refractivity contribution in [1.82, 2.24) is 9.97 Å². The SMILES string of the molecule is FC(F)(F)c1ccnc(N2C3CCC2CC(=C2CC2)C3)n1. The van der Waals surface area contributed by atoms with Crippen molar-refractivity contribution in [3.63, 3.8) is 0 Å². The molecule has 1 aromatic heterocycles. The standard InChI is InChI=1S/C15H16F3N3/c16-15(17,18)13-5-6-19-14(20-13)21-11-3-4-12(21)8-10(7-11)9-1-2-9/h5-6,11-12H,1-4,7-8H2. The molecule has 0 aromatic carbocycles. The fourth-order valence-corrected chi connectivity index (χ4v) is 3.68. The molecule has 2 unspecified atom stereocenters. The summed E-state index contributed by atoms with van der Waals surface area (Å²) < 4.78 is 38.4. The Morgan fingerprint density at radius 3 is 2.29 bits per heavy atom. The predicted molar refractivity (Wildman–Crippen MR) is 71.8 cm³/mol. The molecule has 3 aliphatic rings. The van der Waals surface area contributed by atoms with Crippen LogP contribution >= 0.6 is 0 Å². The lowest BCUT2D eigenvalue weighted by molar-refractivity contribution is -0.141. The number of anilines is 1. The first-order valence-electron chi connectivity index (χ1n) is 7.41. The lowest BCUT2D eigenvalue weighted by Gasteiger charge is -2.36. The topological polar surface area (TPSA) is 29.0 Å². The van der Waals surface area contributed by atoms with Gasteiger partial charge in [0.15, 0.2) is 0 Å². The van der Waals surface area contributed by atoms with Crippen LogP contribution in [-0.2, 0) is 6.18 Å². The number of hydrogen-bond donors (Lipinski definition) is 0. The zero-order valence-corrected chi connectivity index (χ0v) is 11.5. The third kappa shape index (κ3) is 2.30. The maximum absolute atomic E-state index is 12.8. The van der Waals surface area contributed by atoms with Crippen LogP contribution in [0.1, 0.15) is 44.2 Å². The van der Waals surface area contributed by atoms with Crippen LogP contribution in [0.2, 0.25) is 0 Å². The van der Waals surface area contributed by atoms with E-state index in [4.69, 9.17) is 0 Å². The lowest BCUT2D eigenvalue weighted by atomic mass is 9.96. The first kappa shape index (κ1) is 13.1. The molecule has 0 N–H and O–H groups in total. The van der Waals surface area contributed by atoms with Gasteiger partial charge in [-0.25, -0.2) is 9.97 Å². The molecule has 3 nitrogen and oxygen atoms in total. The molecule has 3 fully saturated rings. The summed E-state index contributed by atoms with van der Waals surface area (Å²) in [6.45, 7) is 0. The van der Waals surface area contributed by atoms with E-state index in [0.29, 0.717) is 0 Å². The summed E-state index contributed by atoms with van der Waals surface area (Å²) in [5, 5.41) is 0. The molecule has 2 bridgehead atoms. The minimum absolute atomic E-state index is 0.247. The number of fused-ring (bicyclic) bond motifs is 2. The van der Waals surface area contributed by atoms with Crippen molar-refractivity contribution in [2.75, 3.05) is 4.90 Å². The molecule has 1 saturated carbocycles. The molecule has 3 heterocycles. The summed E-state index contributed by atoms with van der Waals surface area (Å²) in [6.07, 6.45) is 3.26. The van der Waals surface area contributed by atoms with E-state index < -0.39 is 11.9 Å². The Morgan fingerprint density at radius 2 is 1.71 bits per heavy atom. The second-order valence-corrected chi connectivity index (χ2v) is 6.15. The fourth-order valence-electron chi connectivity index (χ4n) is 3.68. The van der Waals surface area contributed by atoms with Crippen molar-refractivity contribution in [1.29, 1.82) is 0 Å². The number of aromatic nitrogens is 2. The van der Waals surface area contributed by atoms with Gasteiger partial charge in [-0.05, 0) is 44.6 Å². The Kier molecular flexibility index (Phi) is 2.78. The highest BCUT2D eigenvalue weighted by atomic mass is 19.4. The molecule has 1 aliphatic carbocycles. The first-order valence-corrected chi connectivity index (χ1v) is 7.41. The largest absolute Gasteiger partial charge is 0.433 e. The zero-order valence-electron chi connectivity index (χ0n) is 11.5. The van der Waals surface area contributed by atoms with Crippen LogP contribution in [0, 0.1) is 0 Å². The van der Waals surface area contributed by atoms with Gasteiger partial charge in [0.25, 0.3) is 0 Å². The number of nitrogens with zero attached hydrogens (tertiary/aromatic N) is 3. The van der Waals surface area contributed by atoms with Crippen LogP contribution in [0.4, 0.5) is 19.1 Å². The third-order valence-corrected chi connectivity index (χ3v) is 4.75. The summed E-state index contributed by atoms with van der Waals surface area (Å²) in [4.78, 5) is 9.90. The maximum atomic E-state index is 12.8. The molecule has 112 valence electrons. The summed E-state index contributed by atoms with van der Waals surface area (Å²) >= 11 is 0. The van der Waals surface area contributed by atoms with E-state index in [2.05, 4.69) is 9.97 Å². The van der Waals surface area contributed by atoms with Gasteiger partial charge in [-0.3, -0.25) is 0 Å². The van der Waals surface area contributed by atoms with Crippen LogP contribution in [0.5, 0.6) is 0 Å². The molecule has 1 aromatic rings. The Labute approximate surface area is 120 Å². The van der Waals surface area contributed by atoms with Gasteiger partial charge in [0, 0.05) is 18.3 Å². The minimum Gasteiger partial charge on any atom is -0.334 e. The number of allylic oxidation sites excluding steroid dienone is 1. The van der Waals surface area contributed by atoms with E-state index in [1.54, 1.807) is 11.1 Å². The molecular formula is C15H16F3N3. The Hall–Kier alpha value is -1.59. The van der Waals surface area contributed by atoms with Crippen LogP contribution in [0.25, 0.3) is 0 Å². The summed E-state index contributed by atoms with van der Waals surface area (Å²) in [5.41, 5.74) is 2.28. The van der Waals surface area contributed by atoms with Crippen molar-refractivity contribution in [3.8, 4) is 0 Å². The summed E-state index contributed by atoms with van der Waals surface area (Å²) in [5.74, 6) is 0.247. The van der Waals surface area contributed by atoms with E-state index in [9.17, 15) is 13.2 Å². The first-order chi connectivity index (χ1) is 10.0. The third-order valence-electron chi connectivity index (χ3n) is 4.75. The molecule has 6 heteroatoms. The van der Waals surface area contributed by atoms with Gasteiger partial charge in [-0.2, -0.15) is 13.2 Å². The number of piperidine rings is 1. The molecule has 2 saturated heterocycles. The number of alkyl halides is 3. The van der Waals surface area contributed by atoms with Crippen molar-refractivity contribution < 1.29 is 13.2 Å². The minimum atomic E-state index is -4.41. The number of hydrogen-bond acceptors (Lipinski definition) is 3. The highest BCUT2D eigenvalue weighted by molar-refractivity contribution is 5.43. The molecule has 2 aliphatic heterocycles. The smallest absolute Gasteiger partial charge is 0.334 e. The van der Waals surface area contributed by atoms with Crippen LogP contribution in [0.15, 0.2) is 23.4 Å². The van der Waals surface area contributed by atoms with E-state index >= 15 is 0 Å². The second kappa shape index (κ2) is 4.45. The Balaban J connectivity index is 1.64. The second-order valence-electron chi connectivity index (χ2n) is 6.15. The van der Waals surface area contributed by atoms with Crippen molar-refractivity contribution in [3.05, 3.63) is 29.1 Å². The van der Waals surface area contributed by atoms with Crippen molar-refractivity contribution in [2.45, 2.75) is 56.8 Å². The average molecular weight is 295 g/mol. The van der Waals surface area contributed by atoms with E-state index in [1.165, 1.54) is 19.0 Å². The summed E-state index contributed by atoms with van der Waals surface area (Å²) in [6, 6.07) is 1.48. The molecule has 2 atom stereocenters. The molecule has 0 amide bonds. The predicted octanol–water partition coefficient (Wildman–Crippen LogP) is 3.72. The van der Waals surface area contributed by atoms with Gasteiger partial charge >= 0.3 is 6.18 Å². The zero-order chi connectivity index (χ0) is 14.6. The fraction of sp³-hybridized carbons (Fsp3) is 0.600. The molecule has 0 spiro atoms. The van der Waals surface area contributed by atoms with Crippen LogP contribution < -0.4 is 4.90 Å². The molecule has 0 radical (unpaired) electrons. The van der Waals surface area contributed by atoms with E-state index in [0.717, 1.165) is 31.7 Å². The lowest BCUT2D eigenvalue weighted by Crippen LogP contribution is -2.42. The van der Waals surface area contributed by atoms with Gasteiger partial charge in [0.2, 0.25) is 5.95 Å². The quantitative estimate of drug-likeness (QED) is 0.739. The molecule has 21 heavy (non-hydrogen) atoms. The van der Waals surface area contributed by atoms with Gasteiger partial charge < -0.3 is 4.90 Å². The van der Waals surface area contributed by atoms with Crippen molar-refractivity contribution in [2.24, 2.45) is 0 Å². The normalized spacial score (nSPS) is 28.2. The van der Waals surface area contributed by atoms with E-state index in [-0.39, 0.29) is 18.0 Å². The number of halogens is 3. The van der Waals surface area contributed by atoms with Gasteiger partial charge in [0.1, 0.15) is 5.69 Å². The average Bonchev–Trinajstić information content (AvgIpc) is 3.24. The Bertz CT molecular complexity index is 586. The molecular weight excluding hydrogens is 279 g/mol. The highest BCUT2D eigenvalue weighted by Crippen LogP contribution is 2.45. The van der Waals surface area contributed by atoms with Gasteiger partial charge in [0.05, 0.1) is 0 Å². The van der Waals surface area contributed by atoms with Crippen molar-refractivity contribution >= 4 is 5.95 Å². The van der Waals surface area contributed by atoms with E-state index in [1.807, 2.05) is 4.90 Å². The maximum Gasteiger partial charge on any atom is 0.433 e. The van der Waals surface area contributed by atoms with Crippen LogP contribution in [0.3, 0.4) is 0 Å². The molecule has 4 rings (SSSR count).